The third-order valence-corrected chi connectivity index (χ3v) is 7.66. The zero-order valence-electron chi connectivity index (χ0n) is 16.4. The summed E-state index contributed by atoms with van der Waals surface area (Å²) in [5, 5.41) is 8.21. The topological polar surface area (TPSA) is 79.0 Å². The number of para-hydroxylation sites is 1. The molecule has 0 aliphatic carbocycles. The molecule has 0 bridgehead atoms. The van der Waals surface area contributed by atoms with E-state index in [-0.39, 0.29) is 10.8 Å². The lowest BCUT2D eigenvalue weighted by Crippen LogP contribution is -2.39. The minimum atomic E-state index is -3.65. The minimum absolute atomic E-state index is 0.0640. The average molecular weight is 419 g/mol. The Kier molecular flexibility index (Phi) is 4.84. The normalized spacial score (nSPS) is 17.9. The van der Waals surface area contributed by atoms with Crippen LogP contribution in [0, 0.1) is 0 Å². The lowest BCUT2D eigenvalue weighted by molar-refractivity contribution is 0.313. The smallest absolute Gasteiger partial charge is 0.245 e. The molecule has 0 unspecified atom stereocenters. The number of fused-ring (bicyclic) bond motifs is 1. The van der Waals surface area contributed by atoms with Crippen molar-refractivity contribution in [1.29, 1.82) is 0 Å². The van der Waals surface area contributed by atoms with Crippen molar-refractivity contribution >= 4 is 20.9 Å². The van der Waals surface area contributed by atoms with Crippen molar-refractivity contribution in [3.63, 3.8) is 0 Å². The molecule has 0 spiro atoms. The molecule has 2 aromatic heterocycles. The molecular formula is C23H22N4O2S. The molecule has 1 fully saturated rings. The lowest BCUT2D eigenvalue weighted by atomic mass is 9.91. The largest absolute Gasteiger partial charge is 0.282 e. The van der Waals surface area contributed by atoms with Crippen LogP contribution >= 0.6 is 0 Å². The summed E-state index contributed by atoms with van der Waals surface area (Å²) in [6.45, 7) is 0.935. The van der Waals surface area contributed by atoms with Gasteiger partial charge >= 0.3 is 0 Å². The van der Waals surface area contributed by atoms with Crippen LogP contribution in [0.5, 0.6) is 0 Å². The quantitative estimate of drug-likeness (QED) is 0.539. The number of pyridine rings is 1. The van der Waals surface area contributed by atoms with E-state index >= 15 is 0 Å². The molecule has 5 rings (SSSR count). The first-order chi connectivity index (χ1) is 14.6. The van der Waals surface area contributed by atoms with Crippen molar-refractivity contribution in [3.8, 4) is 11.1 Å². The van der Waals surface area contributed by atoms with Crippen molar-refractivity contribution in [2.24, 2.45) is 0 Å². The number of hydrogen-bond donors (Lipinski definition) is 1. The van der Waals surface area contributed by atoms with Gasteiger partial charge in [-0.15, -0.1) is 0 Å². The molecule has 152 valence electrons. The molecule has 1 aliphatic heterocycles. The van der Waals surface area contributed by atoms with Crippen LogP contribution in [0.2, 0.25) is 0 Å². The molecule has 6 nitrogen and oxygen atoms in total. The SMILES string of the molecule is O=S(=O)(c1cccc2cccnc12)N1CCC[C@H](c2[nH]ncc2-c2ccccc2)C1. The molecule has 7 heteroatoms. The van der Waals surface area contributed by atoms with Gasteiger partial charge < -0.3 is 0 Å². The maximum Gasteiger partial charge on any atom is 0.245 e. The molecule has 0 radical (unpaired) electrons. The number of rotatable bonds is 4. The Bertz CT molecular complexity index is 1280. The van der Waals surface area contributed by atoms with Crippen LogP contribution in [-0.4, -0.2) is 41.0 Å². The van der Waals surface area contributed by atoms with Gasteiger partial charge in [0, 0.05) is 41.8 Å². The van der Waals surface area contributed by atoms with Gasteiger partial charge in [0.05, 0.1) is 11.7 Å². The summed E-state index contributed by atoms with van der Waals surface area (Å²) in [6.07, 6.45) is 5.18. The van der Waals surface area contributed by atoms with Crippen LogP contribution in [0.3, 0.4) is 0 Å². The van der Waals surface area contributed by atoms with Gasteiger partial charge in [0.2, 0.25) is 10.0 Å². The van der Waals surface area contributed by atoms with Crippen LogP contribution in [-0.2, 0) is 10.0 Å². The molecule has 1 atom stereocenters. The third-order valence-electron chi connectivity index (χ3n) is 5.76. The summed E-state index contributed by atoms with van der Waals surface area (Å²) in [4.78, 5) is 4.62. The van der Waals surface area contributed by atoms with Gasteiger partial charge in [-0.25, -0.2) is 8.42 Å². The Balaban J connectivity index is 1.49. The second-order valence-corrected chi connectivity index (χ2v) is 9.50. The molecule has 0 amide bonds. The van der Waals surface area contributed by atoms with E-state index in [2.05, 4.69) is 15.2 Å². The van der Waals surface area contributed by atoms with Crippen LogP contribution in [0.15, 0.2) is 78.0 Å². The van der Waals surface area contributed by atoms with Gasteiger partial charge in [0.25, 0.3) is 0 Å². The zero-order chi connectivity index (χ0) is 20.6. The standard InChI is InChI=1S/C23H22N4O2S/c28-30(29,21-12-4-9-18-10-5-13-24-23(18)21)27-14-6-11-19(16-27)22-20(15-25-26-22)17-7-2-1-3-8-17/h1-5,7-10,12-13,15,19H,6,11,14,16H2,(H,25,26)/t19-/m0/s1. The number of benzene rings is 2. The third kappa shape index (κ3) is 3.30. The van der Waals surface area contributed by atoms with Gasteiger partial charge in [0.1, 0.15) is 4.90 Å². The van der Waals surface area contributed by atoms with Crippen LogP contribution in [0.1, 0.15) is 24.5 Å². The number of hydrogen-bond acceptors (Lipinski definition) is 4. The number of nitrogens with zero attached hydrogens (tertiary/aromatic N) is 3. The Morgan fingerprint density at radius 1 is 1.00 bits per heavy atom. The summed E-state index contributed by atoms with van der Waals surface area (Å²) >= 11 is 0. The highest BCUT2D eigenvalue weighted by Gasteiger charge is 2.33. The summed E-state index contributed by atoms with van der Waals surface area (Å²) in [6, 6.07) is 19.1. The molecule has 1 aliphatic rings. The molecular weight excluding hydrogens is 396 g/mol. The Hall–Kier alpha value is -3.03. The van der Waals surface area contributed by atoms with Gasteiger partial charge in [0.15, 0.2) is 0 Å². The Morgan fingerprint density at radius 2 is 1.83 bits per heavy atom. The summed E-state index contributed by atoms with van der Waals surface area (Å²) in [7, 11) is -3.65. The van der Waals surface area contributed by atoms with Crippen molar-refractivity contribution in [3.05, 3.63) is 78.8 Å². The molecule has 1 N–H and O–H groups in total. The van der Waals surface area contributed by atoms with E-state index in [0.29, 0.717) is 18.6 Å². The fourth-order valence-electron chi connectivity index (χ4n) is 4.27. The molecule has 4 aromatic rings. The van der Waals surface area contributed by atoms with Crippen LogP contribution < -0.4 is 0 Å². The number of nitrogens with one attached hydrogen (secondary N) is 1. The molecule has 2 aromatic carbocycles. The van der Waals surface area contributed by atoms with Crippen molar-refractivity contribution in [2.75, 3.05) is 13.1 Å². The van der Waals surface area contributed by atoms with Gasteiger partial charge in [-0.2, -0.15) is 9.40 Å². The van der Waals surface area contributed by atoms with E-state index in [4.69, 9.17) is 0 Å². The average Bonchev–Trinajstić information content (AvgIpc) is 3.29. The van der Waals surface area contributed by atoms with Crippen LogP contribution in [0.4, 0.5) is 0 Å². The number of aromatic amines is 1. The van der Waals surface area contributed by atoms with Gasteiger partial charge in [-0.1, -0.05) is 48.5 Å². The highest BCUT2D eigenvalue weighted by molar-refractivity contribution is 7.89. The van der Waals surface area contributed by atoms with Crippen molar-refractivity contribution in [1.82, 2.24) is 19.5 Å². The van der Waals surface area contributed by atoms with E-state index in [1.54, 1.807) is 22.6 Å². The van der Waals surface area contributed by atoms with E-state index in [1.165, 1.54) is 0 Å². The second kappa shape index (κ2) is 7.66. The first-order valence-electron chi connectivity index (χ1n) is 10.1. The first-order valence-corrected chi connectivity index (χ1v) is 11.5. The summed E-state index contributed by atoms with van der Waals surface area (Å²) in [5.41, 5.74) is 3.64. The van der Waals surface area contributed by atoms with Crippen molar-refractivity contribution in [2.45, 2.75) is 23.7 Å². The number of H-pyrrole nitrogens is 1. The van der Waals surface area contributed by atoms with E-state index < -0.39 is 10.0 Å². The predicted octanol–water partition coefficient (Wildman–Crippen LogP) is 4.19. The molecule has 30 heavy (non-hydrogen) atoms. The molecule has 3 heterocycles. The molecule has 1 saturated heterocycles. The first kappa shape index (κ1) is 19.0. The fourth-order valence-corrected chi connectivity index (χ4v) is 5.96. The second-order valence-electron chi connectivity index (χ2n) is 7.60. The monoisotopic (exact) mass is 418 g/mol. The Labute approximate surface area is 175 Å². The summed E-state index contributed by atoms with van der Waals surface area (Å²) in [5.74, 6) is 0.0640. The lowest BCUT2D eigenvalue weighted by Gasteiger charge is -2.32. The maximum atomic E-state index is 13.5. The van der Waals surface area contributed by atoms with E-state index in [9.17, 15) is 8.42 Å². The Morgan fingerprint density at radius 3 is 2.70 bits per heavy atom. The van der Waals surface area contributed by atoms with E-state index in [1.807, 2.05) is 54.7 Å². The number of sulfonamides is 1. The number of aromatic nitrogens is 3. The van der Waals surface area contributed by atoms with Crippen LogP contribution in [0.25, 0.3) is 22.0 Å². The molecule has 0 saturated carbocycles. The highest BCUT2D eigenvalue weighted by Crippen LogP contribution is 2.35. The van der Waals surface area contributed by atoms with E-state index in [0.717, 1.165) is 35.0 Å². The predicted molar refractivity (Wildman–Crippen MR) is 117 cm³/mol. The highest BCUT2D eigenvalue weighted by atomic mass is 32.2. The zero-order valence-corrected chi connectivity index (χ0v) is 17.2. The fraction of sp³-hybridized carbons (Fsp3) is 0.217. The van der Waals surface area contributed by atoms with Crippen molar-refractivity contribution < 1.29 is 8.42 Å². The minimum Gasteiger partial charge on any atom is -0.282 e. The number of piperidine rings is 1. The van der Waals surface area contributed by atoms with Gasteiger partial charge in [-0.3, -0.25) is 10.1 Å². The maximum absolute atomic E-state index is 13.5. The summed E-state index contributed by atoms with van der Waals surface area (Å²) < 4.78 is 28.7. The van der Waals surface area contributed by atoms with Gasteiger partial charge in [-0.05, 0) is 30.5 Å².